The number of likely N-dealkylation sites (tertiary alicyclic amines) is 1. The Labute approximate surface area is 147 Å². The van der Waals surface area contributed by atoms with E-state index >= 15 is 0 Å². The van der Waals surface area contributed by atoms with Crippen molar-refractivity contribution in [1.82, 2.24) is 4.90 Å². The number of nitrogens with one attached hydrogen (secondary N) is 1. The van der Waals surface area contributed by atoms with Crippen molar-refractivity contribution in [2.45, 2.75) is 26.2 Å². The lowest BCUT2D eigenvalue weighted by molar-refractivity contribution is 0.1000. The van der Waals surface area contributed by atoms with E-state index in [1.54, 1.807) is 18.2 Å². The molecule has 1 aliphatic heterocycles. The fourth-order valence-electron chi connectivity index (χ4n) is 3.16. The number of amides is 3. The molecule has 2 aromatic carbocycles. The van der Waals surface area contributed by atoms with Crippen LogP contribution < -0.4 is 11.1 Å². The van der Waals surface area contributed by atoms with Crippen LogP contribution in [0, 0.1) is 13.8 Å². The summed E-state index contributed by atoms with van der Waals surface area (Å²) in [6.45, 7) is 5.38. The standard InChI is InChI=1S/C20H23N3O2/c1-13-3-6-15(7-4-13)17-9-10-23(12-17)20(25)22-18-11-16(19(21)24)8-5-14(18)2/h3-8,11,17H,9-10,12H2,1-2H3,(H2,21,24)(H,22,25). The Balaban J connectivity index is 1.67. The molecule has 0 bridgehead atoms. The Morgan fingerprint density at radius 1 is 1.12 bits per heavy atom. The maximum Gasteiger partial charge on any atom is 0.321 e. The number of hydrogen-bond donors (Lipinski definition) is 2. The smallest absolute Gasteiger partial charge is 0.321 e. The molecule has 1 atom stereocenters. The number of anilines is 1. The van der Waals surface area contributed by atoms with Gasteiger partial charge in [-0.3, -0.25) is 4.79 Å². The first-order valence-corrected chi connectivity index (χ1v) is 8.47. The van der Waals surface area contributed by atoms with Gasteiger partial charge in [0.15, 0.2) is 0 Å². The molecule has 5 heteroatoms. The van der Waals surface area contributed by atoms with Crippen LogP contribution in [-0.2, 0) is 0 Å². The third kappa shape index (κ3) is 3.82. The molecule has 1 heterocycles. The average molecular weight is 337 g/mol. The molecule has 25 heavy (non-hydrogen) atoms. The molecule has 1 aliphatic rings. The maximum absolute atomic E-state index is 12.6. The number of carbonyl (C=O) groups excluding carboxylic acids is 2. The van der Waals surface area contributed by atoms with E-state index in [1.165, 1.54) is 11.1 Å². The highest BCUT2D eigenvalue weighted by atomic mass is 16.2. The Hall–Kier alpha value is -2.82. The Bertz CT molecular complexity index is 799. The van der Waals surface area contributed by atoms with Crippen LogP contribution in [0.3, 0.4) is 0 Å². The van der Waals surface area contributed by atoms with Crippen LogP contribution in [0.5, 0.6) is 0 Å². The molecule has 0 aliphatic carbocycles. The van der Waals surface area contributed by atoms with Gasteiger partial charge in [-0.15, -0.1) is 0 Å². The zero-order valence-corrected chi connectivity index (χ0v) is 14.6. The second kappa shape index (κ2) is 6.97. The minimum absolute atomic E-state index is 0.140. The predicted octanol–water partition coefficient (Wildman–Crippen LogP) is 3.42. The second-order valence-corrected chi connectivity index (χ2v) is 6.67. The number of nitrogens with zero attached hydrogens (tertiary/aromatic N) is 1. The number of nitrogens with two attached hydrogens (primary N) is 1. The van der Waals surface area contributed by atoms with Crippen LogP contribution in [0.15, 0.2) is 42.5 Å². The van der Waals surface area contributed by atoms with E-state index in [2.05, 4.69) is 36.5 Å². The van der Waals surface area contributed by atoms with Crippen LogP contribution in [-0.4, -0.2) is 29.9 Å². The summed E-state index contributed by atoms with van der Waals surface area (Å²) in [5.74, 6) is -0.138. The van der Waals surface area contributed by atoms with Crippen molar-refractivity contribution in [3.05, 3.63) is 64.7 Å². The zero-order chi connectivity index (χ0) is 18.0. The molecule has 0 saturated carbocycles. The molecule has 0 aromatic heterocycles. The molecule has 0 radical (unpaired) electrons. The highest BCUT2D eigenvalue weighted by Crippen LogP contribution is 2.28. The Morgan fingerprint density at radius 3 is 2.52 bits per heavy atom. The minimum atomic E-state index is -0.504. The van der Waals surface area contributed by atoms with Gasteiger partial charge >= 0.3 is 6.03 Å². The number of primary amides is 1. The third-order valence-electron chi connectivity index (χ3n) is 4.79. The summed E-state index contributed by atoms with van der Waals surface area (Å²) in [5, 5.41) is 2.91. The largest absolute Gasteiger partial charge is 0.366 e. The highest BCUT2D eigenvalue weighted by Gasteiger charge is 2.27. The van der Waals surface area contributed by atoms with Gasteiger partial charge in [0.25, 0.3) is 0 Å². The molecule has 1 saturated heterocycles. The second-order valence-electron chi connectivity index (χ2n) is 6.67. The van der Waals surface area contributed by atoms with Crippen molar-refractivity contribution in [2.24, 2.45) is 5.73 Å². The van der Waals surface area contributed by atoms with Crippen LogP contribution in [0.25, 0.3) is 0 Å². The van der Waals surface area contributed by atoms with Gasteiger partial charge < -0.3 is 16.0 Å². The SMILES string of the molecule is Cc1ccc(C2CCN(C(=O)Nc3cc(C(N)=O)ccc3C)C2)cc1. The van der Waals surface area contributed by atoms with Gasteiger partial charge in [0.1, 0.15) is 0 Å². The zero-order valence-electron chi connectivity index (χ0n) is 14.6. The molecular formula is C20H23N3O2. The van der Waals surface area contributed by atoms with E-state index in [9.17, 15) is 9.59 Å². The van der Waals surface area contributed by atoms with Gasteiger partial charge in [0.05, 0.1) is 0 Å². The lowest BCUT2D eigenvalue weighted by atomic mass is 9.98. The van der Waals surface area contributed by atoms with Gasteiger partial charge in [-0.25, -0.2) is 4.79 Å². The topological polar surface area (TPSA) is 75.4 Å². The van der Waals surface area contributed by atoms with Gasteiger partial charge in [0, 0.05) is 30.3 Å². The van der Waals surface area contributed by atoms with E-state index in [-0.39, 0.29) is 6.03 Å². The summed E-state index contributed by atoms with van der Waals surface area (Å²) in [6, 6.07) is 13.4. The molecule has 130 valence electrons. The molecule has 3 rings (SSSR count). The summed E-state index contributed by atoms with van der Waals surface area (Å²) >= 11 is 0. The minimum Gasteiger partial charge on any atom is -0.366 e. The number of aryl methyl sites for hydroxylation is 2. The third-order valence-corrected chi connectivity index (χ3v) is 4.79. The lowest BCUT2D eigenvalue weighted by Crippen LogP contribution is -2.33. The number of urea groups is 1. The van der Waals surface area contributed by atoms with E-state index in [0.29, 0.717) is 23.7 Å². The molecule has 3 amide bonds. The van der Waals surface area contributed by atoms with Crippen molar-refractivity contribution < 1.29 is 9.59 Å². The Morgan fingerprint density at radius 2 is 1.84 bits per heavy atom. The first-order chi connectivity index (χ1) is 11.9. The molecule has 1 unspecified atom stereocenters. The van der Waals surface area contributed by atoms with Crippen LogP contribution >= 0.6 is 0 Å². The fraction of sp³-hybridized carbons (Fsp3) is 0.300. The molecule has 0 spiro atoms. The number of rotatable bonds is 3. The summed E-state index contributed by atoms with van der Waals surface area (Å²) in [6.07, 6.45) is 0.955. The van der Waals surface area contributed by atoms with Crippen LogP contribution in [0.4, 0.5) is 10.5 Å². The first kappa shape index (κ1) is 17.0. The first-order valence-electron chi connectivity index (χ1n) is 8.47. The van der Waals surface area contributed by atoms with Crippen molar-refractivity contribution in [3.63, 3.8) is 0 Å². The Kier molecular flexibility index (Phi) is 4.74. The molecular weight excluding hydrogens is 314 g/mol. The predicted molar refractivity (Wildman–Crippen MR) is 98.8 cm³/mol. The summed E-state index contributed by atoms with van der Waals surface area (Å²) < 4.78 is 0. The van der Waals surface area contributed by atoms with Crippen molar-refractivity contribution in [2.75, 3.05) is 18.4 Å². The molecule has 5 nitrogen and oxygen atoms in total. The number of benzene rings is 2. The highest BCUT2D eigenvalue weighted by molar-refractivity contribution is 5.96. The van der Waals surface area contributed by atoms with Gasteiger partial charge in [-0.2, -0.15) is 0 Å². The molecule has 2 aromatic rings. The van der Waals surface area contributed by atoms with Crippen LogP contribution in [0.1, 0.15) is 39.4 Å². The molecule has 1 fully saturated rings. The fourth-order valence-corrected chi connectivity index (χ4v) is 3.16. The van der Waals surface area contributed by atoms with E-state index in [1.807, 2.05) is 11.8 Å². The van der Waals surface area contributed by atoms with Crippen LogP contribution in [0.2, 0.25) is 0 Å². The quantitative estimate of drug-likeness (QED) is 0.900. The average Bonchev–Trinajstić information content (AvgIpc) is 3.07. The van der Waals surface area contributed by atoms with Crippen molar-refractivity contribution in [3.8, 4) is 0 Å². The van der Waals surface area contributed by atoms with E-state index in [0.717, 1.165) is 18.5 Å². The van der Waals surface area contributed by atoms with Gasteiger partial charge in [-0.05, 0) is 43.5 Å². The normalized spacial score (nSPS) is 16.7. The maximum atomic E-state index is 12.6. The van der Waals surface area contributed by atoms with E-state index < -0.39 is 5.91 Å². The van der Waals surface area contributed by atoms with Crippen molar-refractivity contribution in [1.29, 1.82) is 0 Å². The number of carbonyl (C=O) groups is 2. The summed E-state index contributed by atoms with van der Waals surface area (Å²) in [7, 11) is 0. The lowest BCUT2D eigenvalue weighted by Gasteiger charge is -2.19. The van der Waals surface area contributed by atoms with E-state index in [4.69, 9.17) is 5.73 Å². The monoisotopic (exact) mass is 337 g/mol. The summed E-state index contributed by atoms with van der Waals surface area (Å²) in [5.41, 5.74) is 9.73. The molecule has 3 N–H and O–H groups in total. The summed E-state index contributed by atoms with van der Waals surface area (Å²) in [4.78, 5) is 25.7. The van der Waals surface area contributed by atoms with Crippen molar-refractivity contribution >= 4 is 17.6 Å². The van der Waals surface area contributed by atoms with Gasteiger partial charge in [-0.1, -0.05) is 35.9 Å². The number of hydrogen-bond acceptors (Lipinski definition) is 2. The van der Waals surface area contributed by atoms with Gasteiger partial charge in [0.2, 0.25) is 5.91 Å².